The standard InChI is InChI=1S/C12H13NO5/c1-7(12(15)16)13-11(14)10-6-17-8-4-2-3-5-9(8)18-10/h2-5,7,10H,6H2,1H3,(H,13,14)(H,15,16)/t7-,10-/m0/s1. The molecule has 2 N–H and O–H groups in total. The molecule has 18 heavy (non-hydrogen) atoms. The minimum absolute atomic E-state index is 0.0647. The lowest BCUT2D eigenvalue weighted by molar-refractivity contribution is -0.143. The molecule has 1 aromatic carbocycles. The van der Waals surface area contributed by atoms with Crippen LogP contribution in [-0.4, -0.2) is 35.7 Å². The van der Waals surface area contributed by atoms with Crippen LogP contribution in [0.1, 0.15) is 6.92 Å². The molecule has 0 unspecified atom stereocenters. The molecule has 0 aromatic heterocycles. The minimum atomic E-state index is -1.10. The predicted molar refractivity (Wildman–Crippen MR) is 61.6 cm³/mol. The summed E-state index contributed by atoms with van der Waals surface area (Å²) in [5.74, 6) is -0.542. The Kier molecular flexibility index (Phi) is 3.36. The van der Waals surface area contributed by atoms with E-state index in [0.29, 0.717) is 11.5 Å². The van der Waals surface area contributed by atoms with Gasteiger partial charge in [0.25, 0.3) is 5.91 Å². The topological polar surface area (TPSA) is 84.9 Å². The van der Waals surface area contributed by atoms with E-state index in [-0.39, 0.29) is 6.61 Å². The van der Waals surface area contributed by atoms with Crippen LogP contribution in [0.4, 0.5) is 0 Å². The van der Waals surface area contributed by atoms with E-state index in [0.717, 1.165) is 0 Å². The van der Waals surface area contributed by atoms with Gasteiger partial charge in [0.2, 0.25) is 6.10 Å². The highest BCUT2D eigenvalue weighted by atomic mass is 16.6. The molecule has 0 bridgehead atoms. The second-order valence-corrected chi connectivity index (χ2v) is 3.93. The Bertz CT molecular complexity index is 473. The fraction of sp³-hybridized carbons (Fsp3) is 0.333. The zero-order valence-electron chi connectivity index (χ0n) is 9.75. The molecule has 1 aliphatic rings. The molecule has 0 saturated heterocycles. The molecule has 0 spiro atoms. The third-order valence-corrected chi connectivity index (χ3v) is 2.53. The fourth-order valence-corrected chi connectivity index (χ4v) is 1.52. The van der Waals surface area contributed by atoms with Crippen LogP contribution in [0.15, 0.2) is 24.3 Å². The lowest BCUT2D eigenvalue weighted by atomic mass is 10.2. The van der Waals surface area contributed by atoms with Gasteiger partial charge in [0.05, 0.1) is 0 Å². The van der Waals surface area contributed by atoms with Gasteiger partial charge in [-0.3, -0.25) is 9.59 Å². The molecule has 2 rings (SSSR count). The molecule has 1 heterocycles. The number of carbonyl (C=O) groups is 2. The molecule has 1 aliphatic heterocycles. The first-order valence-corrected chi connectivity index (χ1v) is 5.49. The number of ether oxygens (including phenoxy) is 2. The zero-order chi connectivity index (χ0) is 13.1. The first-order valence-electron chi connectivity index (χ1n) is 5.49. The number of fused-ring (bicyclic) bond motifs is 1. The van der Waals surface area contributed by atoms with Gasteiger partial charge in [-0.25, -0.2) is 0 Å². The van der Waals surface area contributed by atoms with Gasteiger partial charge in [-0.1, -0.05) is 12.1 Å². The van der Waals surface area contributed by atoms with Crippen LogP contribution >= 0.6 is 0 Å². The number of carbonyl (C=O) groups excluding carboxylic acids is 1. The summed E-state index contributed by atoms with van der Waals surface area (Å²) in [6.07, 6.45) is -0.832. The van der Waals surface area contributed by atoms with Crippen molar-refractivity contribution >= 4 is 11.9 Å². The third-order valence-electron chi connectivity index (χ3n) is 2.53. The minimum Gasteiger partial charge on any atom is -0.485 e. The maximum Gasteiger partial charge on any atom is 0.325 e. The maximum absolute atomic E-state index is 11.7. The predicted octanol–water partition coefficient (Wildman–Crippen LogP) is 0.416. The lowest BCUT2D eigenvalue weighted by Crippen LogP contribution is -2.49. The van der Waals surface area contributed by atoms with E-state index in [1.54, 1.807) is 24.3 Å². The number of carboxylic acids is 1. The largest absolute Gasteiger partial charge is 0.485 e. The Morgan fingerprint density at radius 1 is 1.39 bits per heavy atom. The highest BCUT2D eigenvalue weighted by molar-refractivity contribution is 5.86. The van der Waals surface area contributed by atoms with Gasteiger partial charge in [0, 0.05) is 0 Å². The highest BCUT2D eigenvalue weighted by Gasteiger charge is 2.29. The number of hydrogen-bond donors (Lipinski definition) is 2. The zero-order valence-corrected chi connectivity index (χ0v) is 9.75. The maximum atomic E-state index is 11.7. The van der Waals surface area contributed by atoms with Gasteiger partial charge < -0.3 is 19.9 Å². The Hall–Kier alpha value is -2.24. The summed E-state index contributed by atoms with van der Waals surface area (Å²) in [7, 11) is 0. The highest BCUT2D eigenvalue weighted by Crippen LogP contribution is 2.30. The Labute approximate surface area is 104 Å². The summed E-state index contributed by atoms with van der Waals surface area (Å²) < 4.78 is 10.8. The van der Waals surface area contributed by atoms with Crippen LogP contribution in [0.3, 0.4) is 0 Å². The molecule has 0 radical (unpaired) electrons. The van der Waals surface area contributed by atoms with Crippen molar-refractivity contribution in [3.8, 4) is 11.5 Å². The van der Waals surface area contributed by atoms with E-state index in [4.69, 9.17) is 14.6 Å². The molecule has 96 valence electrons. The number of benzene rings is 1. The normalized spacial score (nSPS) is 18.8. The third kappa shape index (κ3) is 2.53. The summed E-state index contributed by atoms with van der Waals surface area (Å²) in [4.78, 5) is 22.4. The number of aliphatic carboxylic acids is 1. The molecule has 0 saturated carbocycles. The molecule has 2 atom stereocenters. The van der Waals surface area contributed by atoms with Gasteiger partial charge in [-0.2, -0.15) is 0 Å². The quantitative estimate of drug-likeness (QED) is 0.813. The van der Waals surface area contributed by atoms with Crippen LogP contribution in [0.5, 0.6) is 11.5 Å². The summed E-state index contributed by atoms with van der Waals surface area (Å²) >= 11 is 0. The fourth-order valence-electron chi connectivity index (χ4n) is 1.52. The van der Waals surface area contributed by atoms with Gasteiger partial charge in [0.15, 0.2) is 11.5 Å². The Balaban J connectivity index is 2.00. The molecule has 0 fully saturated rings. The average Bonchev–Trinajstić information content (AvgIpc) is 2.37. The van der Waals surface area contributed by atoms with Crippen LogP contribution in [-0.2, 0) is 9.59 Å². The van der Waals surface area contributed by atoms with Crippen molar-refractivity contribution in [1.82, 2.24) is 5.32 Å². The first kappa shape index (κ1) is 12.2. The number of carboxylic acid groups (broad SMARTS) is 1. The smallest absolute Gasteiger partial charge is 0.325 e. The molecule has 0 aliphatic carbocycles. The summed E-state index contributed by atoms with van der Waals surface area (Å²) in [6.45, 7) is 1.45. The lowest BCUT2D eigenvalue weighted by Gasteiger charge is -2.26. The number of rotatable bonds is 3. The monoisotopic (exact) mass is 251 g/mol. The van der Waals surface area contributed by atoms with E-state index < -0.39 is 24.0 Å². The molecule has 1 aromatic rings. The Morgan fingerprint density at radius 2 is 2.06 bits per heavy atom. The van der Waals surface area contributed by atoms with Crippen molar-refractivity contribution in [3.05, 3.63) is 24.3 Å². The molecular weight excluding hydrogens is 238 g/mol. The summed E-state index contributed by atoms with van der Waals surface area (Å²) in [5.41, 5.74) is 0. The Morgan fingerprint density at radius 3 is 2.72 bits per heavy atom. The van der Waals surface area contributed by atoms with Crippen LogP contribution in [0, 0.1) is 0 Å². The average molecular weight is 251 g/mol. The molecular formula is C12H13NO5. The SMILES string of the molecule is C[C@H](NC(=O)[C@@H]1COc2ccccc2O1)C(=O)O. The van der Waals surface area contributed by atoms with Crippen molar-refractivity contribution in [2.24, 2.45) is 0 Å². The second kappa shape index (κ2) is 4.95. The van der Waals surface area contributed by atoms with E-state index in [2.05, 4.69) is 5.32 Å². The van der Waals surface area contributed by atoms with Crippen molar-refractivity contribution in [2.45, 2.75) is 19.1 Å². The number of para-hydroxylation sites is 2. The van der Waals surface area contributed by atoms with Crippen molar-refractivity contribution in [3.63, 3.8) is 0 Å². The van der Waals surface area contributed by atoms with E-state index >= 15 is 0 Å². The van der Waals surface area contributed by atoms with Crippen molar-refractivity contribution in [1.29, 1.82) is 0 Å². The molecule has 1 amide bonds. The van der Waals surface area contributed by atoms with Crippen LogP contribution in [0.2, 0.25) is 0 Å². The van der Waals surface area contributed by atoms with Gasteiger partial charge in [-0.05, 0) is 19.1 Å². The van der Waals surface area contributed by atoms with Gasteiger partial charge in [-0.15, -0.1) is 0 Å². The second-order valence-electron chi connectivity index (χ2n) is 3.93. The number of amides is 1. The number of nitrogens with one attached hydrogen (secondary N) is 1. The number of hydrogen-bond acceptors (Lipinski definition) is 4. The van der Waals surface area contributed by atoms with Gasteiger partial charge in [0.1, 0.15) is 12.6 Å². The van der Waals surface area contributed by atoms with Gasteiger partial charge >= 0.3 is 5.97 Å². The molecule has 6 heteroatoms. The van der Waals surface area contributed by atoms with Crippen molar-refractivity contribution < 1.29 is 24.2 Å². The van der Waals surface area contributed by atoms with E-state index in [1.165, 1.54) is 6.92 Å². The van der Waals surface area contributed by atoms with E-state index in [1.807, 2.05) is 0 Å². The first-order chi connectivity index (χ1) is 8.58. The van der Waals surface area contributed by atoms with Crippen molar-refractivity contribution in [2.75, 3.05) is 6.61 Å². The summed E-state index contributed by atoms with van der Waals surface area (Å²) in [6, 6.07) is 6.04. The van der Waals surface area contributed by atoms with Crippen LogP contribution < -0.4 is 14.8 Å². The van der Waals surface area contributed by atoms with E-state index in [9.17, 15) is 9.59 Å². The van der Waals surface area contributed by atoms with Crippen LogP contribution in [0.25, 0.3) is 0 Å². The summed E-state index contributed by atoms with van der Waals surface area (Å²) in [5, 5.41) is 11.0. The molecule has 6 nitrogen and oxygen atoms in total.